The fourth-order valence-electron chi connectivity index (χ4n) is 2.56. The number of thioether (sulfide) groups is 1. The van der Waals surface area contributed by atoms with Crippen LogP contribution in [0.2, 0.25) is 0 Å². The summed E-state index contributed by atoms with van der Waals surface area (Å²) in [6.45, 7) is 4.24. The summed E-state index contributed by atoms with van der Waals surface area (Å²) >= 11 is 2.02. The molecule has 19 heavy (non-hydrogen) atoms. The number of likely N-dealkylation sites (tertiary alicyclic amines) is 1. The highest BCUT2D eigenvalue weighted by molar-refractivity contribution is 7.99. The Bertz CT molecular complexity index is 233. The van der Waals surface area contributed by atoms with Crippen LogP contribution in [0.1, 0.15) is 71.1 Å². The summed E-state index contributed by atoms with van der Waals surface area (Å²) in [4.78, 5) is 13.4. The van der Waals surface area contributed by atoms with Crippen molar-refractivity contribution in [2.24, 2.45) is 0 Å². The Morgan fingerprint density at radius 2 is 1.68 bits per heavy atom. The highest BCUT2D eigenvalue weighted by atomic mass is 32.2. The molecule has 112 valence electrons. The number of hydrogen-bond donors (Lipinski definition) is 0. The van der Waals surface area contributed by atoms with Crippen LogP contribution in [0.4, 0.5) is 0 Å². The first-order valence-electron chi connectivity index (χ1n) is 8.20. The van der Waals surface area contributed by atoms with Gasteiger partial charge in [0.15, 0.2) is 0 Å². The van der Waals surface area contributed by atoms with Gasteiger partial charge in [0.25, 0.3) is 0 Å². The summed E-state index contributed by atoms with van der Waals surface area (Å²) in [6, 6.07) is 0. The lowest BCUT2D eigenvalue weighted by Crippen LogP contribution is -2.26. The number of carbonyl (C=O) groups is 1. The van der Waals surface area contributed by atoms with Gasteiger partial charge in [0, 0.05) is 25.3 Å². The molecule has 0 atom stereocenters. The van der Waals surface area contributed by atoms with E-state index < -0.39 is 0 Å². The van der Waals surface area contributed by atoms with Crippen molar-refractivity contribution >= 4 is 17.7 Å². The van der Waals surface area contributed by atoms with Crippen molar-refractivity contribution in [3.63, 3.8) is 0 Å². The van der Waals surface area contributed by atoms with Crippen LogP contribution in [0.25, 0.3) is 0 Å². The van der Waals surface area contributed by atoms with Crippen LogP contribution in [0.3, 0.4) is 0 Å². The van der Waals surface area contributed by atoms with Crippen molar-refractivity contribution in [3.05, 3.63) is 0 Å². The molecule has 0 aromatic rings. The van der Waals surface area contributed by atoms with E-state index in [1.807, 2.05) is 16.7 Å². The zero-order valence-corrected chi connectivity index (χ0v) is 13.5. The molecule has 2 nitrogen and oxygen atoms in total. The van der Waals surface area contributed by atoms with E-state index >= 15 is 0 Å². The summed E-state index contributed by atoms with van der Waals surface area (Å²) in [5.41, 5.74) is 0. The first kappa shape index (κ1) is 16.9. The first-order valence-corrected chi connectivity index (χ1v) is 9.35. The smallest absolute Gasteiger partial charge is 0.222 e. The zero-order chi connectivity index (χ0) is 13.8. The fourth-order valence-corrected chi connectivity index (χ4v) is 3.52. The van der Waals surface area contributed by atoms with E-state index in [2.05, 4.69) is 6.92 Å². The molecule has 0 unspecified atom stereocenters. The molecule has 0 spiro atoms. The molecule has 0 N–H and O–H groups in total. The van der Waals surface area contributed by atoms with Gasteiger partial charge < -0.3 is 4.90 Å². The molecule has 1 rings (SSSR count). The molecule has 0 aromatic heterocycles. The molecule has 0 aliphatic carbocycles. The maximum atomic E-state index is 11.4. The summed E-state index contributed by atoms with van der Waals surface area (Å²) in [7, 11) is 0. The predicted octanol–water partition coefficient (Wildman–Crippen LogP) is 4.48. The molecular formula is C16H31NOS. The van der Waals surface area contributed by atoms with E-state index in [-0.39, 0.29) is 0 Å². The van der Waals surface area contributed by atoms with Crippen molar-refractivity contribution in [2.75, 3.05) is 24.6 Å². The van der Waals surface area contributed by atoms with E-state index in [1.54, 1.807) is 0 Å². The molecule has 0 radical (unpaired) electrons. The maximum absolute atomic E-state index is 11.4. The molecule has 1 aliphatic heterocycles. The average Bonchev–Trinajstić information content (AvgIpc) is 2.82. The molecule has 1 aliphatic rings. The highest BCUT2D eigenvalue weighted by Gasteiger charge is 2.18. The number of hydrogen-bond acceptors (Lipinski definition) is 2. The van der Waals surface area contributed by atoms with Gasteiger partial charge in [-0.15, -0.1) is 0 Å². The minimum Gasteiger partial charge on any atom is -0.342 e. The quantitative estimate of drug-likeness (QED) is 0.493. The van der Waals surface area contributed by atoms with Crippen molar-refractivity contribution in [2.45, 2.75) is 71.1 Å². The Kier molecular flexibility index (Phi) is 10.3. The number of carbonyl (C=O) groups excluding carboxylic acids is 1. The average molecular weight is 285 g/mol. The first-order chi connectivity index (χ1) is 9.34. The third-order valence-corrected chi connectivity index (χ3v) is 4.87. The largest absolute Gasteiger partial charge is 0.342 e. The van der Waals surface area contributed by atoms with Gasteiger partial charge in [-0.2, -0.15) is 11.8 Å². The highest BCUT2D eigenvalue weighted by Crippen LogP contribution is 2.13. The van der Waals surface area contributed by atoms with Gasteiger partial charge in [0.05, 0.1) is 0 Å². The van der Waals surface area contributed by atoms with Gasteiger partial charge in [-0.1, -0.05) is 51.9 Å². The Morgan fingerprint density at radius 1 is 1.00 bits per heavy atom. The topological polar surface area (TPSA) is 20.3 Å². The molecule has 1 saturated heterocycles. The van der Waals surface area contributed by atoms with Crippen LogP contribution in [0.5, 0.6) is 0 Å². The predicted molar refractivity (Wildman–Crippen MR) is 85.7 cm³/mol. The second kappa shape index (κ2) is 11.6. The van der Waals surface area contributed by atoms with Gasteiger partial charge in [-0.3, -0.25) is 4.79 Å². The molecular weight excluding hydrogens is 254 g/mol. The lowest BCUT2D eigenvalue weighted by Gasteiger charge is -2.14. The normalized spacial score (nSPS) is 15.4. The van der Waals surface area contributed by atoms with Gasteiger partial charge in [0.2, 0.25) is 5.91 Å². The molecule has 1 heterocycles. The van der Waals surface area contributed by atoms with E-state index in [0.29, 0.717) is 5.91 Å². The van der Waals surface area contributed by atoms with Gasteiger partial charge in [0.1, 0.15) is 0 Å². The second-order valence-corrected chi connectivity index (χ2v) is 6.80. The minimum atomic E-state index is 0.368. The van der Waals surface area contributed by atoms with E-state index in [1.165, 1.54) is 57.1 Å². The molecule has 0 bridgehead atoms. The van der Waals surface area contributed by atoms with Crippen molar-refractivity contribution in [1.29, 1.82) is 0 Å². The molecule has 0 saturated carbocycles. The summed E-state index contributed by atoms with van der Waals surface area (Å²) in [6.07, 6.45) is 13.0. The van der Waals surface area contributed by atoms with E-state index in [4.69, 9.17) is 0 Å². The van der Waals surface area contributed by atoms with Crippen LogP contribution in [-0.2, 0) is 4.79 Å². The van der Waals surface area contributed by atoms with Gasteiger partial charge in [-0.25, -0.2) is 0 Å². The van der Waals surface area contributed by atoms with E-state index in [9.17, 15) is 4.79 Å². The zero-order valence-electron chi connectivity index (χ0n) is 12.7. The molecule has 1 fully saturated rings. The van der Waals surface area contributed by atoms with Gasteiger partial charge in [-0.05, 0) is 18.6 Å². The monoisotopic (exact) mass is 285 g/mol. The Hall–Kier alpha value is -0.180. The van der Waals surface area contributed by atoms with Crippen molar-refractivity contribution < 1.29 is 4.79 Å². The number of nitrogens with zero attached hydrogens (tertiary/aromatic N) is 1. The Morgan fingerprint density at radius 3 is 2.32 bits per heavy atom. The summed E-state index contributed by atoms with van der Waals surface area (Å²) < 4.78 is 0. The van der Waals surface area contributed by atoms with Crippen molar-refractivity contribution in [3.8, 4) is 0 Å². The van der Waals surface area contributed by atoms with Crippen LogP contribution in [0.15, 0.2) is 0 Å². The third-order valence-electron chi connectivity index (χ3n) is 3.82. The van der Waals surface area contributed by atoms with Crippen molar-refractivity contribution in [1.82, 2.24) is 4.90 Å². The lowest BCUT2D eigenvalue weighted by molar-refractivity contribution is -0.127. The summed E-state index contributed by atoms with van der Waals surface area (Å²) in [5, 5.41) is 0. The SMILES string of the molecule is CCCCCCCCCCSCCN1CCCC1=O. The molecule has 3 heteroatoms. The Balaban J connectivity index is 1.75. The molecule has 0 aromatic carbocycles. The van der Waals surface area contributed by atoms with Crippen LogP contribution in [0, 0.1) is 0 Å². The number of unbranched alkanes of at least 4 members (excludes halogenated alkanes) is 7. The van der Waals surface area contributed by atoms with Crippen LogP contribution < -0.4 is 0 Å². The van der Waals surface area contributed by atoms with Gasteiger partial charge >= 0.3 is 0 Å². The Labute approximate surface area is 123 Å². The lowest BCUT2D eigenvalue weighted by atomic mass is 10.1. The standard InChI is InChI=1S/C16H31NOS/c1-2-3-4-5-6-7-8-9-14-19-15-13-17-12-10-11-16(17)18/h2-15H2,1H3. The summed E-state index contributed by atoms with van der Waals surface area (Å²) in [5.74, 6) is 2.77. The maximum Gasteiger partial charge on any atom is 0.222 e. The third kappa shape index (κ3) is 8.56. The fraction of sp³-hybridized carbons (Fsp3) is 0.938. The minimum absolute atomic E-state index is 0.368. The van der Waals surface area contributed by atoms with Crippen LogP contribution >= 0.6 is 11.8 Å². The number of rotatable bonds is 12. The van der Waals surface area contributed by atoms with Crippen LogP contribution in [-0.4, -0.2) is 35.4 Å². The van der Waals surface area contributed by atoms with E-state index in [0.717, 1.165) is 31.7 Å². The molecule has 1 amide bonds. The second-order valence-electron chi connectivity index (χ2n) is 5.57. The number of amides is 1.